The molecule has 0 heterocycles. The summed E-state index contributed by atoms with van der Waals surface area (Å²) in [5.74, 6) is 0.317. The van der Waals surface area contributed by atoms with Crippen LogP contribution in [0.25, 0.3) is 0 Å². The number of carbonyl (C=O) groups excluding carboxylic acids is 1. The number of Topliss-reactive ketones (excluding diaryl/α,β-unsaturated/α-hetero) is 1. The summed E-state index contributed by atoms with van der Waals surface area (Å²) in [6.45, 7) is 2.26. The van der Waals surface area contributed by atoms with E-state index in [1.165, 1.54) is 64.2 Å². The zero-order chi connectivity index (χ0) is 19.7. The smallest absolute Gasteiger partial charge is 0.299 e. The van der Waals surface area contributed by atoms with Gasteiger partial charge < -0.3 is 0 Å². The first-order chi connectivity index (χ1) is 13.1. The lowest BCUT2D eigenvalue weighted by atomic mass is 10.0. The molecule has 1 rings (SSSR count). The first-order valence-electron chi connectivity index (χ1n) is 10.8. The van der Waals surface area contributed by atoms with Crippen molar-refractivity contribution < 1.29 is 14.3 Å². The van der Waals surface area contributed by atoms with Gasteiger partial charge in [0.1, 0.15) is 5.78 Å². The quantitative estimate of drug-likeness (QED) is 0.234. The molecule has 0 aromatic heterocycles. The van der Waals surface area contributed by atoms with E-state index < -0.39 is 8.03 Å². The lowest BCUT2D eigenvalue weighted by Gasteiger charge is -2.04. The number of aryl methyl sites for hydroxylation is 1. The van der Waals surface area contributed by atoms with E-state index in [0.29, 0.717) is 31.2 Å². The van der Waals surface area contributed by atoms with Gasteiger partial charge in [-0.1, -0.05) is 95.4 Å². The monoisotopic (exact) mass is 393 g/mol. The van der Waals surface area contributed by atoms with E-state index in [4.69, 9.17) is 4.89 Å². The summed E-state index contributed by atoms with van der Waals surface area (Å²) in [4.78, 5) is 21.0. The van der Waals surface area contributed by atoms with E-state index in [1.807, 2.05) is 24.3 Å². The molecular weight excluding hydrogens is 355 g/mol. The lowest BCUT2D eigenvalue weighted by molar-refractivity contribution is -0.118. The molecular formula is C23H38O3P+. The zero-order valence-electron chi connectivity index (χ0n) is 17.1. The highest BCUT2D eigenvalue weighted by atomic mass is 31.1. The fraction of sp³-hybridized carbons (Fsp3) is 0.696. The van der Waals surface area contributed by atoms with Gasteiger partial charge in [0.15, 0.2) is 6.16 Å². The Morgan fingerprint density at radius 2 is 1.30 bits per heavy atom. The van der Waals surface area contributed by atoms with Gasteiger partial charge in [-0.2, -0.15) is 4.89 Å². The fourth-order valence-electron chi connectivity index (χ4n) is 3.35. The van der Waals surface area contributed by atoms with E-state index in [-0.39, 0.29) is 0 Å². The van der Waals surface area contributed by atoms with E-state index in [2.05, 4.69) is 6.92 Å². The molecule has 4 heteroatoms. The number of unbranched alkanes of at least 4 members (excludes halogenated alkanes) is 10. The summed E-state index contributed by atoms with van der Waals surface area (Å²) >= 11 is 0. The van der Waals surface area contributed by atoms with Crippen LogP contribution in [-0.2, 0) is 22.2 Å². The van der Waals surface area contributed by atoms with Crippen LogP contribution in [0.15, 0.2) is 24.3 Å². The second-order valence-electron chi connectivity index (χ2n) is 7.64. The summed E-state index contributed by atoms with van der Waals surface area (Å²) in [7, 11) is -2.07. The molecule has 27 heavy (non-hydrogen) atoms. The van der Waals surface area contributed by atoms with Crippen LogP contribution >= 0.6 is 8.03 Å². The average Bonchev–Trinajstić information content (AvgIpc) is 2.65. The molecule has 0 aliphatic heterocycles. The molecule has 1 aromatic carbocycles. The Labute approximate surface area is 166 Å². The van der Waals surface area contributed by atoms with Crippen molar-refractivity contribution in [2.75, 3.05) is 6.16 Å². The maximum Gasteiger partial charge on any atom is 0.505 e. The van der Waals surface area contributed by atoms with Crippen LogP contribution in [-0.4, -0.2) is 16.8 Å². The molecule has 0 amide bonds. The Bertz CT molecular complexity index is 525. The largest absolute Gasteiger partial charge is 0.505 e. The Hall–Kier alpha value is -1.05. The van der Waals surface area contributed by atoms with Gasteiger partial charge in [-0.15, -0.1) is 0 Å². The molecule has 0 aliphatic rings. The molecule has 1 aromatic rings. The first-order valence-corrected chi connectivity index (χ1v) is 12.2. The van der Waals surface area contributed by atoms with Crippen molar-refractivity contribution in [3.05, 3.63) is 35.4 Å². The normalized spacial score (nSPS) is 11.6. The van der Waals surface area contributed by atoms with Crippen molar-refractivity contribution in [3.63, 3.8) is 0 Å². The molecule has 0 saturated heterocycles. The van der Waals surface area contributed by atoms with Crippen molar-refractivity contribution in [3.8, 4) is 0 Å². The molecule has 0 saturated carbocycles. The summed E-state index contributed by atoms with van der Waals surface area (Å²) in [6, 6.07) is 7.86. The summed E-state index contributed by atoms with van der Waals surface area (Å²) < 4.78 is 10.7. The third-order valence-electron chi connectivity index (χ3n) is 5.08. The van der Waals surface area contributed by atoms with Crippen LogP contribution in [0.4, 0.5) is 0 Å². The van der Waals surface area contributed by atoms with E-state index >= 15 is 0 Å². The molecule has 1 N–H and O–H groups in total. The molecule has 0 radical (unpaired) electrons. The van der Waals surface area contributed by atoms with Gasteiger partial charge in [-0.25, -0.2) is 0 Å². The van der Waals surface area contributed by atoms with Crippen LogP contribution in [0.2, 0.25) is 0 Å². The second kappa shape index (κ2) is 16.0. The zero-order valence-corrected chi connectivity index (χ0v) is 18.0. The standard InChI is InChI=1S/C23H37O3P/c1-2-3-4-5-6-7-8-9-10-11-12-13-23(24)20-22-16-14-21(15-17-22)18-19-27(25)26/h14-17H,2-13,18-20H2,1H3/p+1. The van der Waals surface area contributed by atoms with E-state index in [9.17, 15) is 9.36 Å². The second-order valence-corrected chi connectivity index (χ2v) is 8.79. The summed E-state index contributed by atoms with van der Waals surface area (Å²) in [5, 5.41) is 0. The van der Waals surface area contributed by atoms with Crippen molar-refractivity contribution in [1.82, 2.24) is 0 Å². The topological polar surface area (TPSA) is 54.4 Å². The van der Waals surface area contributed by atoms with Crippen LogP contribution in [0.5, 0.6) is 0 Å². The minimum absolute atomic E-state index is 0.298. The molecule has 152 valence electrons. The third-order valence-corrected chi connectivity index (χ3v) is 5.68. The molecule has 0 spiro atoms. The molecule has 0 fully saturated rings. The van der Waals surface area contributed by atoms with Crippen molar-refractivity contribution >= 4 is 13.8 Å². The molecule has 1 atom stereocenters. The van der Waals surface area contributed by atoms with Crippen LogP contribution in [0.3, 0.4) is 0 Å². The average molecular weight is 394 g/mol. The number of rotatable bonds is 17. The summed E-state index contributed by atoms with van der Waals surface area (Å²) in [5.41, 5.74) is 2.09. The van der Waals surface area contributed by atoms with Gasteiger partial charge in [0.25, 0.3) is 0 Å². The first kappa shape index (κ1) is 24.0. The van der Waals surface area contributed by atoms with Gasteiger partial charge >= 0.3 is 8.03 Å². The van der Waals surface area contributed by atoms with E-state index in [0.717, 1.165) is 17.5 Å². The highest BCUT2D eigenvalue weighted by molar-refractivity contribution is 7.37. The third kappa shape index (κ3) is 13.7. The van der Waals surface area contributed by atoms with Crippen LogP contribution in [0.1, 0.15) is 95.1 Å². The van der Waals surface area contributed by atoms with E-state index in [1.54, 1.807) is 0 Å². The van der Waals surface area contributed by atoms with Gasteiger partial charge in [0.05, 0.1) is 0 Å². The highest BCUT2D eigenvalue weighted by Crippen LogP contribution is 2.16. The molecule has 0 aliphatic carbocycles. The Morgan fingerprint density at radius 3 is 1.81 bits per heavy atom. The predicted octanol–water partition coefficient (Wildman–Crippen LogP) is 6.78. The number of benzene rings is 1. The number of carbonyl (C=O) groups is 1. The van der Waals surface area contributed by atoms with Gasteiger partial charge in [-0.3, -0.25) is 4.79 Å². The van der Waals surface area contributed by atoms with Crippen molar-refractivity contribution in [2.24, 2.45) is 0 Å². The molecule has 3 nitrogen and oxygen atoms in total. The molecule has 1 unspecified atom stereocenters. The van der Waals surface area contributed by atoms with Crippen LogP contribution < -0.4 is 0 Å². The fourth-order valence-corrected chi connectivity index (χ4v) is 3.80. The van der Waals surface area contributed by atoms with Crippen LogP contribution in [0, 0.1) is 0 Å². The number of hydrogen-bond acceptors (Lipinski definition) is 2. The van der Waals surface area contributed by atoms with Crippen molar-refractivity contribution in [1.29, 1.82) is 0 Å². The van der Waals surface area contributed by atoms with Crippen molar-refractivity contribution in [2.45, 2.75) is 96.8 Å². The number of ketones is 1. The number of hydrogen-bond donors (Lipinski definition) is 1. The minimum atomic E-state index is -2.07. The molecule has 0 bridgehead atoms. The predicted molar refractivity (Wildman–Crippen MR) is 115 cm³/mol. The Morgan fingerprint density at radius 1 is 0.815 bits per heavy atom. The SMILES string of the molecule is CCCCCCCCCCCCCC(=O)Cc1ccc(CC[P+](=O)O)cc1. The van der Waals surface area contributed by atoms with Gasteiger partial charge in [-0.05, 0) is 22.1 Å². The maximum atomic E-state index is 12.1. The Balaban J connectivity index is 2.01. The lowest BCUT2D eigenvalue weighted by Crippen LogP contribution is -2.02. The highest BCUT2D eigenvalue weighted by Gasteiger charge is 2.10. The summed E-state index contributed by atoms with van der Waals surface area (Å²) in [6.07, 6.45) is 16.4. The maximum absolute atomic E-state index is 12.1. The Kier molecular flexibility index (Phi) is 14.2. The van der Waals surface area contributed by atoms with Gasteiger partial charge in [0, 0.05) is 19.3 Å². The minimum Gasteiger partial charge on any atom is -0.299 e. The van der Waals surface area contributed by atoms with Gasteiger partial charge in [0.2, 0.25) is 0 Å².